The van der Waals surface area contributed by atoms with E-state index in [1.54, 1.807) is 0 Å². The quantitative estimate of drug-likeness (QED) is 0.726. The molecule has 1 atom stereocenters. The van der Waals surface area contributed by atoms with Gasteiger partial charge in [0.05, 0.1) is 7.05 Å². The maximum atomic E-state index is 10.2. The van der Waals surface area contributed by atoms with Crippen LogP contribution in [0, 0.1) is 0 Å². The van der Waals surface area contributed by atoms with Crippen molar-refractivity contribution in [3.05, 3.63) is 60.9 Å². The summed E-state index contributed by atoms with van der Waals surface area (Å²) in [5.41, 5.74) is 2.26. The van der Waals surface area contributed by atoms with Crippen LogP contribution >= 0.6 is 0 Å². The van der Waals surface area contributed by atoms with E-state index in [4.69, 9.17) is 4.74 Å². The van der Waals surface area contributed by atoms with Crippen LogP contribution in [-0.2, 0) is 13.6 Å². The molecule has 0 saturated carbocycles. The van der Waals surface area contributed by atoms with Crippen LogP contribution in [0.25, 0.3) is 11.0 Å². The Hall–Kier alpha value is -2.33. The van der Waals surface area contributed by atoms with Gasteiger partial charge in [0.15, 0.2) is 11.0 Å². The third kappa shape index (κ3) is 3.06. The number of rotatable bonds is 5. The van der Waals surface area contributed by atoms with E-state index in [9.17, 15) is 5.11 Å². The van der Waals surface area contributed by atoms with Crippen LogP contribution in [0.4, 0.5) is 0 Å². The molecule has 4 nitrogen and oxygen atoms in total. The number of hydrogen-bond donors (Lipinski definition) is 1. The number of para-hydroxylation sites is 3. The molecular weight excluding hydrogens is 264 g/mol. The highest BCUT2D eigenvalue weighted by molar-refractivity contribution is 5.71. The summed E-state index contributed by atoms with van der Waals surface area (Å²) < 4.78 is 9.69. The fourth-order valence-corrected chi connectivity index (χ4v) is 2.47. The average molecular weight is 283 g/mol. The summed E-state index contributed by atoms with van der Waals surface area (Å²) in [6.07, 6.45) is 1.44. The minimum atomic E-state index is -0.555. The van der Waals surface area contributed by atoms with Crippen LogP contribution in [0.15, 0.2) is 60.9 Å². The maximum absolute atomic E-state index is 10.2. The number of aliphatic hydroxyl groups excluding tert-OH is 1. The first-order valence-corrected chi connectivity index (χ1v) is 7.03. The van der Waals surface area contributed by atoms with Gasteiger partial charge in [0.1, 0.15) is 25.0 Å². The average Bonchev–Trinajstić information content (AvgIpc) is 2.83. The van der Waals surface area contributed by atoms with E-state index < -0.39 is 6.10 Å². The van der Waals surface area contributed by atoms with E-state index in [0.29, 0.717) is 6.54 Å². The lowest BCUT2D eigenvalue weighted by Gasteiger charge is -2.10. The number of fused-ring (bicyclic) bond motifs is 1. The van der Waals surface area contributed by atoms with Crippen LogP contribution in [0.1, 0.15) is 0 Å². The van der Waals surface area contributed by atoms with Crippen molar-refractivity contribution in [1.29, 1.82) is 0 Å². The Labute approximate surface area is 123 Å². The zero-order chi connectivity index (χ0) is 14.7. The van der Waals surface area contributed by atoms with Crippen LogP contribution in [0.5, 0.6) is 5.75 Å². The van der Waals surface area contributed by atoms with Gasteiger partial charge in [0.25, 0.3) is 0 Å². The van der Waals surface area contributed by atoms with E-state index in [-0.39, 0.29) is 6.61 Å². The van der Waals surface area contributed by atoms with E-state index in [1.807, 2.05) is 60.4 Å². The summed E-state index contributed by atoms with van der Waals surface area (Å²) in [5.74, 6) is 0.777. The lowest BCUT2D eigenvalue weighted by molar-refractivity contribution is -0.645. The van der Waals surface area contributed by atoms with Gasteiger partial charge in [-0.15, -0.1) is 0 Å². The molecule has 0 amide bonds. The number of aromatic nitrogens is 2. The lowest BCUT2D eigenvalue weighted by atomic mass is 10.3. The molecule has 1 N–H and O–H groups in total. The second-order valence-electron chi connectivity index (χ2n) is 5.15. The van der Waals surface area contributed by atoms with Crippen LogP contribution in [0.2, 0.25) is 0 Å². The summed E-state index contributed by atoms with van der Waals surface area (Å²) >= 11 is 0. The van der Waals surface area contributed by atoms with Gasteiger partial charge in [0, 0.05) is 0 Å². The normalized spacial score (nSPS) is 12.5. The topological polar surface area (TPSA) is 38.3 Å². The van der Waals surface area contributed by atoms with Crippen molar-refractivity contribution < 1.29 is 14.4 Å². The number of aryl methyl sites for hydroxylation is 1. The van der Waals surface area contributed by atoms with E-state index in [0.717, 1.165) is 16.8 Å². The van der Waals surface area contributed by atoms with Crippen molar-refractivity contribution in [3.8, 4) is 5.75 Å². The highest BCUT2D eigenvalue weighted by Crippen LogP contribution is 2.12. The van der Waals surface area contributed by atoms with Crippen LogP contribution < -0.4 is 9.30 Å². The van der Waals surface area contributed by atoms with Crippen molar-refractivity contribution >= 4 is 11.0 Å². The van der Waals surface area contributed by atoms with E-state index in [2.05, 4.69) is 16.7 Å². The van der Waals surface area contributed by atoms with E-state index in [1.165, 1.54) is 0 Å². The molecule has 0 saturated heterocycles. The lowest BCUT2D eigenvalue weighted by Crippen LogP contribution is -2.27. The molecule has 3 aromatic rings. The fraction of sp³-hybridized carbons (Fsp3) is 0.235. The molecule has 0 radical (unpaired) electrons. The molecule has 0 unspecified atom stereocenters. The van der Waals surface area contributed by atoms with Crippen molar-refractivity contribution in [2.45, 2.75) is 12.6 Å². The summed E-state index contributed by atoms with van der Waals surface area (Å²) in [6.45, 7) is 0.786. The summed E-state index contributed by atoms with van der Waals surface area (Å²) in [6, 6.07) is 17.7. The number of hydrogen-bond acceptors (Lipinski definition) is 2. The smallest absolute Gasteiger partial charge is 0.244 e. The van der Waals surface area contributed by atoms with Gasteiger partial charge in [-0.2, -0.15) is 0 Å². The summed E-state index contributed by atoms with van der Waals surface area (Å²) in [7, 11) is 2.01. The molecule has 0 aliphatic carbocycles. The fourth-order valence-electron chi connectivity index (χ4n) is 2.47. The molecule has 108 valence electrons. The Balaban J connectivity index is 1.68. The minimum Gasteiger partial charge on any atom is -0.491 e. The standard InChI is InChI=1S/C17H19N2O2/c1-18-13-19(17-10-6-5-9-16(17)18)11-14(20)12-21-15-7-3-2-4-8-15/h2-10,13-14,20H,11-12H2,1H3/q+1/t14-/m0/s1. The monoisotopic (exact) mass is 283 g/mol. The van der Waals surface area contributed by atoms with E-state index >= 15 is 0 Å². The Morgan fingerprint density at radius 3 is 2.62 bits per heavy atom. The van der Waals surface area contributed by atoms with Gasteiger partial charge in [-0.05, 0) is 24.3 Å². The van der Waals surface area contributed by atoms with Crippen molar-refractivity contribution in [3.63, 3.8) is 0 Å². The van der Waals surface area contributed by atoms with Crippen molar-refractivity contribution in [2.24, 2.45) is 7.05 Å². The molecular formula is C17H19N2O2+. The van der Waals surface area contributed by atoms with Crippen molar-refractivity contribution in [1.82, 2.24) is 4.57 Å². The first-order chi connectivity index (χ1) is 10.2. The predicted octanol–water partition coefficient (Wildman–Crippen LogP) is 1.91. The predicted molar refractivity (Wildman–Crippen MR) is 81.1 cm³/mol. The first kappa shape index (κ1) is 13.6. The molecule has 1 aromatic heterocycles. The molecule has 2 aromatic carbocycles. The van der Waals surface area contributed by atoms with Gasteiger partial charge < -0.3 is 9.84 Å². The Morgan fingerprint density at radius 2 is 1.81 bits per heavy atom. The van der Waals surface area contributed by atoms with Crippen LogP contribution in [-0.4, -0.2) is 22.4 Å². The van der Waals surface area contributed by atoms with Gasteiger partial charge in [-0.25, -0.2) is 9.13 Å². The third-order valence-electron chi connectivity index (χ3n) is 3.48. The molecule has 0 aliphatic rings. The van der Waals surface area contributed by atoms with Gasteiger partial charge in [0.2, 0.25) is 6.33 Å². The Bertz CT molecular complexity index is 722. The number of aliphatic hydroxyl groups is 1. The molecule has 4 heteroatoms. The van der Waals surface area contributed by atoms with Gasteiger partial charge in [-0.1, -0.05) is 30.3 Å². The zero-order valence-corrected chi connectivity index (χ0v) is 12.0. The Morgan fingerprint density at radius 1 is 1.10 bits per heavy atom. The van der Waals surface area contributed by atoms with Gasteiger partial charge in [-0.3, -0.25) is 0 Å². The minimum absolute atomic E-state index is 0.278. The molecule has 0 spiro atoms. The molecule has 3 rings (SSSR count). The molecule has 0 aliphatic heterocycles. The molecule has 21 heavy (non-hydrogen) atoms. The number of imidazole rings is 1. The summed E-state index contributed by atoms with van der Waals surface area (Å²) in [4.78, 5) is 0. The largest absolute Gasteiger partial charge is 0.491 e. The number of nitrogens with zero attached hydrogens (tertiary/aromatic N) is 2. The molecule has 1 heterocycles. The van der Waals surface area contributed by atoms with Gasteiger partial charge >= 0.3 is 0 Å². The first-order valence-electron chi connectivity index (χ1n) is 7.03. The number of ether oxygens (including phenoxy) is 1. The summed E-state index contributed by atoms with van der Waals surface area (Å²) in [5, 5.41) is 10.2. The highest BCUT2D eigenvalue weighted by Gasteiger charge is 2.16. The Kier molecular flexibility index (Phi) is 3.88. The molecule has 0 fully saturated rings. The number of benzene rings is 2. The molecule has 0 bridgehead atoms. The second-order valence-corrected chi connectivity index (χ2v) is 5.15. The second kappa shape index (κ2) is 5.97. The van der Waals surface area contributed by atoms with Crippen LogP contribution in [0.3, 0.4) is 0 Å². The third-order valence-corrected chi connectivity index (χ3v) is 3.48. The highest BCUT2D eigenvalue weighted by atomic mass is 16.5. The van der Waals surface area contributed by atoms with Crippen molar-refractivity contribution in [2.75, 3.05) is 6.61 Å². The SMILES string of the molecule is C[n+]1cn(C[C@H](O)COc2ccccc2)c2ccccc21. The maximum Gasteiger partial charge on any atom is 0.244 e. The zero-order valence-electron chi connectivity index (χ0n) is 12.0.